The van der Waals surface area contributed by atoms with Crippen molar-refractivity contribution < 1.29 is 9.90 Å². The lowest BCUT2D eigenvalue weighted by Gasteiger charge is -2.26. The molecule has 1 amide bonds. The zero-order valence-electron chi connectivity index (χ0n) is 16.3. The summed E-state index contributed by atoms with van der Waals surface area (Å²) >= 11 is 0. The molecule has 2 N–H and O–H groups in total. The summed E-state index contributed by atoms with van der Waals surface area (Å²) in [5.41, 5.74) is 5.33. The number of aromatic amines is 1. The number of nitrogens with one attached hydrogen (secondary N) is 1. The van der Waals surface area contributed by atoms with Crippen LogP contribution >= 0.6 is 0 Å². The second kappa shape index (κ2) is 7.52. The van der Waals surface area contributed by atoms with E-state index in [-0.39, 0.29) is 17.7 Å². The second-order valence-corrected chi connectivity index (χ2v) is 7.46. The second-order valence-electron chi connectivity index (χ2n) is 7.46. The highest BCUT2D eigenvalue weighted by Gasteiger charge is 2.41. The average Bonchev–Trinajstić information content (AvgIpc) is 3.33. The van der Waals surface area contributed by atoms with E-state index in [4.69, 9.17) is 0 Å². The average molecular weight is 395 g/mol. The summed E-state index contributed by atoms with van der Waals surface area (Å²) < 4.78 is 0. The molecule has 1 aromatic heterocycles. The summed E-state index contributed by atoms with van der Waals surface area (Å²) in [5.74, 6) is 0.156. The van der Waals surface area contributed by atoms with Crippen molar-refractivity contribution in [2.45, 2.75) is 12.5 Å². The first-order chi connectivity index (χ1) is 14.7. The Morgan fingerprint density at radius 3 is 2.27 bits per heavy atom. The number of hydrogen-bond acceptors (Lipinski definition) is 3. The van der Waals surface area contributed by atoms with Crippen LogP contribution in [0.4, 0.5) is 0 Å². The van der Waals surface area contributed by atoms with E-state index in [2.05, 4.69) is 22.3 Å². The fourth-order valence-corrected chi connectivity index (χ4v) is 4.14. The molecule has 5 nitrogen and oxygen atoms in total. The molecule has 3 aromatic carbocycles. The third-order valence-electron chi connectivity index (χ3n) is 5.60. The molecule has 0 radical (unpaired) electrons. The van der Waals surface area contributed by atoms with Crippen LogP contribution < -0.4 is 0 Å². The first-order valence-electron chi connectivity index (χ1n) is 10.00. The molecule has 0 fully saturated rings. The van der Waals surface area contributed by atoms with Gasteiger partial charge in [0, 0.05) is 17.7 Å². The van der Waals surface area contributed by atoms with Gasteiger partial charge < -0.3 is 10.0 Å². The Balaban J connectivity index is 1.57. The number of phenolic OH excluding ortho intramolecular Hbond substituents is 1. The smallest absolute Gasteiger partial charge is 0.273 e. The van der Waals surface area contributed by atoms with Gasteiger partial charge in [0.05, 0.1) is 11.7 Å². The van der Waals surface area contributed by atoms with Gasteiger partial charge in [-0.2, -0.15) is 5.10 Å². The summed E-state index contributed by atoms with van der Waals surface area (Å²) in [6.07, 6.45) is 0.763. The topological polar surface area (TPSA) is 69.2 Å². The van der Waals surface area contributed by atoms with Crippen molar-refractivity contribution in [3.8, 4) is 17.0 Å². The van der Waals surface area contributed by atoms with Crippen LogP contribution in [0.1, 0.15) is 33.2 Å². The van der Waals surface area contributed by atoms with E-state index in [1.54, 1.807) is 12.1 Å². The Hall–Kier alpha value is -3.86. The van der Waals surface area contributed by atoms with Gasteiger partial charge in [0.1, 0.15) is 11.4 Å². The maximum atomic E-state index is 13.3. The molecule has 1 aliphatic heterocycles. The Bertz CT molecular complexity index is 1170. The highest BCUT2D eigenvalue weighted by atomic mass is 16.3. The number of H-pyrrole nitrogens is 1. The fraction of sp³-hybridized carbons (Fsp3) is 0.120. The number of rotatable bonds is 5. The van der Waals surface area contributed by atoms with Crippen molar-refractivity contribution in [1.29, 1.82) is 0 Å². The number of nitrogens with zero attached hydrogens (tertiary/aromatic N) is 2. The van der Waals surface area contributed by atoms with Gasteiger partial charge in [0.25, 0.3) is 5.91 Å². The molecule has 0 bridgehead atoms. The summed E-state index contributed by atoms with van der Waals surface area (Å²) in [7, 11) is 0. The highest BCUT2D eigenvalue weighted by molar-refractivity contribution is 6.00. The molecule has 0 spiro atoms. The zero-order chi connectivity index (χ0) is 20.5. The largest absolute Gasteiger partial charge is 0.508 e. The number of fused-ring (bicyclic) bond motifs is 1. The van der Waals surface area contributed by atoms with Gasteiger partial charge in [0.2, 0.25) is 0 Å². The fourth-order valence-electron chi connectivity index (χ4n) is 4.14. The molecule has 4 aromatic rings. The number of hydrogen-bond donors (Lipinski definition) is 2. The molecule has 5 heteroatoms. The third kappa shape index (κ3) is 3.14. The van der Waals surface area contributed by atoms with Crippen molar-refractivity contribution >= 4 is 5.91 Å². The van der Waals surface area contributed by atoms with Gasteiger partial charge in [-0.3, -0.25) is 9.89 Å². The van der Waals surface area contributed by atoms with E-state index < -0.39 is 0 Å². The summed E-state index contributed by atoms with van der Waals surface area (Å²) in [6.45, 7) is 0.588. The Morgan fingerprint density at radius 2 is 1.57 bits per heavy atom. The minimum atomic E-state index is -0.259. The molecule has 1 aliphatic rings. The molecular formula is C25H21N3O2. The van der Waals surface area contributed by atoms with Crippen molar-refractivity contribution in [2.75, 3.05) is 6.54 Å². The van der Waals surface area contributed by atoms with E-state index in [1.165, 1.54) is 5.56 Å². The lowest BCUT2D eigenvalue weighted by molar-refractivity contribution is 0.0746. The predicted octanol–water partition coefficient (Wildman–Crippen LogP) is 4.57. The van der Waals surface area contributed by atoms with E-state index in [0.29, 0.717) is 12.2 Å². The van der Waals surface area contributed by atoms with Gasteiger partial charge in [-0.1, -0.05) is 72.8 Å². The van der Waals surface area contributed by atoms with Crippen LogP contribution in [0.2, 0.25) is 0 Å². The highest BCUT2D eigenvalue weighted by Crippen LogP contribution is 2.42. The minimum absolute atomic E-state index is 0.0475. The Morgan fingerprint density at radius 1 is 0.900 bits per heavy atom. The normalized spacial score (nSPS) is 15.4. The van der Waals surface area contributed by atoms with E-state index in [9.17, 15) is 9.90 Å². The Kier molecular flexibility index (Phi) is 4.56. The van der Waals surface area contributed by atoms with Gasteiger partial charge >= 0.3 is 0 Å². The maximum absolute atomic E-state index is 13.3. The quantitative estimate of drug-likeness (QED) is 0.520. The molecule has 1 atom stereocenters. The van der Waals surface area contributed by atoms with Crippen LogP contribution in [0.15, 0.2) is 84.9 Å². The number of amides is 1. The van der Waals surface area contributed by atoms with Crippen molar-refractivity contribution in [2.24, 2.45) is 0 Å². The number of carbonyl (C=O) groups is 1. The minimum Gasteiger partial charge on any atom is -0.508 e. The van der Waals surface area contributed by atoms with Gasteiger partial charge in [-0.25, -0.2) is 0 Å². The first-order valence-corrected chi connectivity index (χ1v) is 10.00. The number of phenols is 1. The van der Waals surface area contributed by atoms with E-state index >= 15 is 0 Å². The summed E-state index contributed by atoms with van der Waals surface area (Å²) in [6, 6.07) is 26.9. The molecule has 2 heterocycles. The van der Waals surface area contributed by atoms with Crippen molar-refractivity contribution in [3.63, 3.8) is 0 Å². The van der Waals surface area contributed by atoms with Crippen molar-refractivity contribution in [1.82, 2.24) is 15.1 Å². The zero-order valence-corrected chi connectivity index (χ0v) is 16.3. The summed E-state index contributed by atoms with van der Waals surface area (Å²) in [5, 5.41) is 17.2. The maximum Gasteiger partial charge on any atom is 0.273 e. The van der Waals surface area contributed by atoms with Gasteiger partial charge in [-0.05, 0) is 29.7 Å². The third-order valence-corrected chi connectivity index (χ3v) is 5.60. The van der Waals surface area contributed by atoms with Crippen LogP contribution in [0.5, 0.6) is 5.75 Å². The molecule has 0 saturated heterocycles. The monoisotopic (exact) mass is 395 g/mol. The number of benzene rings is 3. The SMILES string of the molecule is O=C1c2[nH]nc(-c3ccccc3)c2C(c2ccc(O)cc2)N1CCc1ccccc1. The van der Waals surface area contributed by atoms with Crippen molar-refractivity contribution in [3.05, 3.63) is 107 Å². The molecule has 0 saturated carbocycles. The number of carbonyl (C=O) groups excluding carboxylic acids is 1. The lowest BCUT2D eigenvalue weighted by atomic mass is 9.96. The van der Waals surface area contributed by atoms with Crippen LogP contribution in [-0.2, 0) is 6.42 Å². The predicted molar refractivity (Wildman–Crippen MR) is 115 cm³/mol. The number of aromatic nitrogens is 2. The van der Waals surface area contributed by atoms with E-state index in [0.717, 1.165) is 28.8 Å². The Labute approximate surface area is 174 Å². The van der Waals surface area contributed by atoms with Gasteiger partial charge in [-0.15, -0.1) is 0 Å². The molecule has 30 heavy (non-hydrogen) atoms. The molecule has 0 aliphatic carbocycles. The number of aromatic hydroxyl groups is 1. The standard InChI is InChI=1S/C25H21N3O2/c29-20-13-11-19(12-14-20)24-21-22(18-9-5-2-6-10-18)26-27-23(21)25(30)28(24)16-15-17-7-3-1-4-8-17/h1-14,24,29H,15-16H2,(H,26,27). The lowest BCUT2D eigenvalue weighted by Crippen LogP contribution is -2.31. The van der Waals surface area contributed by atoms with E-state index in [1.807, 2.05) is 65.6 Å². The molecule has 5 rings (SSSR count). The van der Waals surface area contributed by atoms with Gasteiger partial charge in [0.15, 0.2) is 0 Å². The summed E-state index contributed by atoms with van der Waals surface area (Å²) in [4.78, 5) is 15.2. The van der Waals surface area contributed by atoms with Crippen LogP contribution in [0.25, 0.3) is 11.3 Å². The van der Waals surface area contributed by atoms with Crippen LogP contribution in [0, 0.1) is 0 Å². The molecular weight excluding hydrogens is 374 g/mol. The van der Waals surface area contributed by atoms with Crippen LogP contribution in [-0.4, -0.2) is 32.7 Å². The van der Waals surface area contributed by atoms with Crippen LogP contribution in [0.3, 0.4) is 0 Å². The molecule has 1 unspecified atom stereocenters. The molecule has 148 valence electrons. The first kappa shape index (κ1) is 18.2.